The van der Waals surface area contributed by atoms with Crippen LogP contribution in [-0.2, 0) is 18.4 Å². The number of nitrogens with one attached hydrogen (secondary N) is 2. The third-order valence-electron chi connectivity index (χ3n) is 4.45. The average molecular weight is 428 g/mol. The lowest BCUT2D eigenvalue weighted by Crippen LogP contribution is -2.25. The highest BCUT2D eigenvalue weighted by Crippen LogP contribution is 2.19. The standard InChI is InChI=1S/C21H22FN5O2S/c1-13-8-9-14(2)17(10-13)24-19(28)12-30-21-26-25-18(27(21)3)11-23-20(29)15-6-4-5-7-16(15)22/h4-10H,11-12H2,1-3H3,(H,23,29)(H,24,28). The zero-order valence-electron chi connectivity index (χ0n) is 16.9. The molecule has 9 heteroatoms. The number of nitrogens with zero attached hydrogens (tertiary/aromatic N) is 3. The number of thioether (sulfide) groups is 1. The average Bonchev–Trinajstić information content (AvgIpc) is 3.07. The fourth-order valence-corrected chi connectivity index (χ4v) is 3.44. The first-order valence-electron chi connectivity index (χ1n) is 9.26. The van der Waals surface area contributed by atoms with Crippen LogP contribution in [0.1, 0.15) is 27.3 Å². The Morgan fingerprint density at radius 3 is 2.67 bits per heavy atom. The van der Waals surface area contributed by atoms with E-state index in [0.717, 1.165) is 16.8 Å². The molecule has 3 aromatic rings. The molecule has 0 aliphatic rings. The third-order valence-corrected chi connectivity index (χ3v) is 5.47. The van der Waals surface area contributed by atoms with Crippen molar-refractivity contribution < 1.29 is 14.0 Å². The highest BCUT2D eigenvalue weighted by Gasteiger charge is 2.15. The SMILES string of the molecule is Cc1ccc(C)c(NC(=O)CSc2nnc(CNC(=O)c3ccccc3F)n2C)c1. The van der Waals surface area contributed by atoms with Gasteiger partial charge in [0, 0.05) is 12.7 Å². The molecular formula is C21H22FN5O2S. The Morgan fingerprint density at radius 2 is 1.90 bits per heavy atom. The van der Waals surface area contributed by atoms with Gasteiger partial charge in [0.1, 0.15) is 5.82 Å². The molecule has 0 atom stereocenters. The number of rotatable bonds is 7. The van der Waals surface area contributed by atoms with Crippen molar-refractivity contribution in [1.82, 2.24) is 20.1 Å². The molecule has 0 spiro atoms. The summed E-state index contributed by atoms with van der Waals surface area (Å²) in [5.41, 5.74) is 2.82. The molecule has 2 aromatic carbocycles. The fourth-order valence-electron chi connectivity index (χ4n) is 2.71. The number of hydrogen-bond acceptors (Lipinski definition) is 5. The highest BCUT2D eigenvalue weighted by atomic mass is 32.2. The van der Waals surface area contributed by atoms with Crippen molar-refractivity contribution in [2.24, 2.45) is 7.05 Å². The van der Waals surface area contributed by atoms with Crippen molar-refractivity contribution in [3.63, 3.8) is 0 Å². The summed E-state index contributed by atoms with van der Waals surface area (Å²) in [6.07, 6.45) is 0. The molecular weight excluding hydrogens is 405 g/mol. The number of carbonyl (C=O) groups excluding carboxylic acids is 2. The van der Waals surface area contributed by atoms with Gasteiger partial charge in [0.15, 0.2) is 11.0 Å². The molecule has 1 heterocycles. The van der Waals surface area contributed by atoms with Crippen LogP contribution in [0.3, 0.4) is 0 Å². The van der Waals surface area contributed by atoms with E-state index in [9.17, 15) is 14.0 Å². The van der Waals surface area contributed by atoms with Crippen molar-refractivity contribution in [3.8, 4) is 0 Å². The normalized spacial score (nSPS) is 10.7. The summed E-state index contributed by atoms with van der Waals surface area (Å²) in [5, 5.41) is 14.2. The van der Waals surface area contributed by atoms with Gasteiger partial charge in [-0.25, -0.2) is 4.39 Å². The van der Waals surface area contributed by atoms with Crippen LogP contribution in [0.4, 0.5) is 10.1 Å². The molecule has 0 saturated heterocycles. The summed E-state index contributed by atoms with van der Waals surface area (Å²) in [5.74, 6) is -0.596. The molecule has 1 aromatic heterocycles. The second-order valence-electron chi connectivity index (χ2n) is 6.78. The summed E-state index contributed by atoms with van der Waals surface area (Å²) in [6, 6.07) is 11.6. The van der Waals surface area contributed by atoms with Crippen LogP contribution in [0.2, 0.25) is 0 Å². The maximum Gasteiger partial charge on any atom is 0.254 e. The molecule has 30 heavy (non-hydrogen) atoms. The van der Waals surface area contributed by atoms with Gasteiger partial charge in [0.05, 0.1) is 17.9 Å². The first kappa shape index (κ1) is 21.5. The number of halogens is 1. The summed E-state index contributed by atoms with van der Waals surface area (Å²) < 4.78 is 15.4. The van der Waals surface area contributed by atoms with E-state index in [4.69, 9.17) is 0 Å². The van der Waals surface area contributed by atoms with Gasteiger partial charge in [-0.15, -0.1) is 10.2 Å². The predicted octanol–water partition coefficient (Wildman–Crippen LogP) is 3.23. The van der Waals surface area contributed by atoms with Gasteiger partial charge in [-0.3, -0.25) is 9.59 Å². The molecule has 2 amide bonds. The molecule has 0 aliphatic heterocycles. The van der Waals surface area contributed by atoms with Crippen molar-refractivity contribution in [3.05, 3.63) is 70.8 Å². The summed E-state index contributed by atoms with van der Waals surface area (Å²) in [6.45, 7) is 3.99. The fraction of sp³-hybridized carbons (Fsp3) is 0.238. The van der Waals surface area contributed by atoms with Gasteiger partial charge < -0.3 is 15.2 Å². The van der Waals surface area contributed by atoms with Crippen LogP contribution in [0, 0.1) is 19.7 Å². The van der Waals surface area contributed by atoms with E-state index in [1.54, 1.807) is 17.7 Å². The van der Waals surface area contributed by atoms with Gasteiger partial charge in [0.2, 0.25) is 5.91 Å². The lowest BCUT2D eigenvalue weighted by molar-refractivity contribution is -0.113. The van der Waals surface area contributed by atoms with E-state index in [1.807, 2.05) is 32.0 Å². The van der Waals surface area contributed by atoms with Crippen molar-refractivity contribution in [2.45, 2.75) is 25.5 Å². The molecule has 0 bridgehead atoms. The quantitative estimate of drug-likeness (QED) is 0.565. The van der Waals surface area contributed by atoms with Gasteiger partial charge in [-0.1, -0.05) is 36.0 Å². The Bertz CT molecular complexity index is 1080. The zero-order valence-corrected chi connectivity index (χ0v) is 17.7. The lowest BCUT2D eigenvalue weighted by Gasteiger charge is -2.09. The molecule has 0 fully saturated rings. The van der Waals surface area contributed by atoms with Crippen LogP contribution in [0.15, 0.2) is 47.6 Å². The van der Waals surface area contributed by atoms with E-state index in [2.05, 4.69) is 20.8 Å². The highest BCUT2D eigenvalue weighted by molar-refractivity contribution is 7.99. The van der Waals surface area contributed by atoms with Crippen LogP contribution >= 0.6 is 11.8 Å². The molecule has 156 valence electrons. The first-order valence-corrected chi connectivity index (χ1v) is 10.2. The Kier molecular flexibility index (Phi) is 6.83. The van der Waals surface area contributed by atoms with Gasteiger partial charge in [-0.05, 0) is 43.2 Å². The largest absolute Gasteiger partial charge is 0.345 e. The third kappa shape index (κ3) is 5.24. The van der Waals surface area contributed by atoms with E-state index < -0.39 is 11.7 Å². The Balaban J connectivity index is 1.55. The summed E-state index contributed by atoms with van der Waals surface area (Å²) >= 11 is 1.24. The second-order valence-corrected chi connectivity index (χ2v) is 7.72. The second kappa shape index (κ2) is 9.53. The van der Waals surface area contributed by atoms with Gasteiger partial charge in [-0.2, -0.15) is 0 Å². The molecule has 7 nitrogen and oxygen atoms in total. The molecule has 0 saturated carbocycles. The predicted molar refractivity (Wildman–Crippen MR) is 114 cm³/mol. The molecule has 2 N–H and O–H groups in total. The zero-order chi connectivity index (χ0) is 21.7. The van der Waals surface area contributed by atoms with E-state index in [-0.39, 0.29) is 23.8 Å². The minimum Gasteiger partial charge on any atom is -0.345 e. The van der Waals surface area contributed by atoms with Crippen molar-refractivity contribution >= 4 is 29.3 Å². The Morgan fingerprint density at radius 1 is 1.13 bits per heavy atom. The van der Waals surface area contributed by atoms with Gasteiger partial charge in [0.25, 0.3) is 5.91 Å². The van der Waals surface area contributed by atoms with E-state index in [0.29, 0.717) is 11.0 Å². The maximum absolute atomic E-state index is 13.7. The minimum absolute atomic E-state index is 0.0302. The molecule has 0 unspecified atom stereocenters. The summed E-state index contributed by atoms with van der Waals surface area (Å²) in [4.78, 5) is 24.4. The number of hydrogen-bond donors (Lipinski definition) is 2. The number of anilines is 1. The molecule has 0 aliphatic carbocycles. The monoisotopic (exact) mass is 427 g/mol. The number of aromatic nitrogens is 3. The molecule has 3 rings (SSSR count). The molecule has 0 radical (unpaired) electrons. The smallest absolute Gasteiger partial charge is 0.254 e. The van der Waals surface area contributed by atoms with Crippen molar-refractivity contribution in [1.29, 1.82) is 0 Å². The Labute approximate surface area is 178 Å². The topological polar surface area (TPSA) is 88.9 Å². The Hall–Kier alpha value is -3.20. The number of aryl methyl sites for hydroxylation is 2. The maximum atomic E-state index is 13.7. The minimum atomic E-state index is -0.584. The van der Waals surface area contributed by atoms with Crippen LogP contribution < -0.4 is 10.6 Å². The lowest BCUT2D eigenvalue weighted by atomic mass is 10.1. The number of amides is 2. The number of benzene rings is 2. The van der Waals surface area contributed by atoms with Gasteiger partial charge >= 0.3 is 0 Å². The van der Waals surface area contributed by atoms with Crippen molar-refractivity contribution in [2.75, 3.05) is 11.1 Å². The van der Waals surface area contributed by atoms with E-state index >= 15 is 0 Å². The first-order chi connectivity index (χ1) is 14.3. The summed E-state index contributed by atoms with van der Waals surface area (Å²) in [7, 11) is 1.75. The van der Waals surface area contributed by atoms with Crippen LogP contribution in [-0.4, -0.2) is 32.3 Å². The number of carbonyl (C=O) groups is 2. The van der Waals surface area contributed by atoms with E-state index in [1.165, 1.54) is 30.0 Å². The van der Waals surface area contributed by atoms with Crippen LogP contribution in [0.25, 0.3) is 0 Å². The van der Waals surface area contributed by atoms with Crippen LogP contribution in [0.5, 0.6) is 0 Å².